The molecule has 20 heavy (non-hydrogen) atoms. The lowest BCUT2D eigenvalue weighted by Crippen LogP contribution is -2.54. The molecule has 0 spiro atoms. The van der Waals surface area contributed by atoms with E-state index in [0.717, 1.165) is 25.2 Å². The van der Waals surface area contributed by atoms with Crippen molar-refractivity contribution in [1.29, 1.82) is 0 Å². The Morgan fingerprint density at radius 2 is 2.15 bits per heavy atom. The smallest absolute Gasteiger partial charge is 0.251 e. The van der Waals surface area contributed by atoms with Gasteiger partial charge in [0.05, 0.1) is 0 Å². The number of benzene rings is 1. The third-order valence-electron chi connectivity index (χ3n) is 4.10. The number of carbonyl (C=O) groups excluding carboxylic acids is 1. The van der Waals surface area contributed by atoms with Crippen molar-refractivity contribution in [2.24, 2.45) is 0 Å². The molecule has 5 heteroatoms. The van der Waals surface area contributed by atoms with Crippen LogP contribution in [0.5, 0.6) is 0 Å². The lowest BCUT2D eigenvalue weighted by atomic mass is 10.1. The molecule has 2 rings (SSSR count). The monoisotopic (exact) mass is 276 g/mol. The van der Waals surface area contributed by atoms with E-state index in [2.05, 4.69) is 29.2 Å². The van der Waals surface area contributed by atoms with Gasteiger partial charge in [-0.25, -0.2) is 0 Å². The lowest BCUT2D eigenvalue weighted by Gasteiger charge is -2.37. The zero-order valence-corrected chi connectivity index (χ0v) is 12.5. The van der Waals surface area contributed by atoms with Crippen LogP contribution >= 0.6 is 0 Å². The number of nitrogen functional groups attached to an aromatic ring is 1. The third-order valence-corrected chi connectivity index (χ3v) is 4.10. The van der Waals surface area contributed by atoms with Crippen molar-refractivity contribution in [1.82, 2.24) is 15.1 Å². The van der Waals surface area contributed by atoms with Crippen molar-refractivity contribution >= 4 is 11.6 Å². The Morgan fingerprint density at radius 3 is 2.90 bits per heavy atom. The molecule has 0 aliphatic carbocycles. The summed E-state index contributed by atoms with van der Waals surface area (Å²) in [6, 6.07) is 5.81. The second kappa shape index (κ2) is 6.24. The fraction of sp³-hybridized carbons (Fsp3) is 0.533. The molecule has 0 radical (unpaired) electrons. The standard InChI is InChI=1S/C15H24N4O/c1-11-13(5-4-6-14(11)16)15(20)17-9-12-10-18(2)7-8-19(12)3/h4-6,12H,7-10,16H2,1-3H3,(H,17,20). The van der Waals surface area contributed by atoms with Crippen LogP contribution in [0.3, 0.4) is 0 Å². The molecule has 0 saturated carbocycles. The highest BCUT2D eigenvalue weighted by Crippen LogP contribution is 2.15. The van der Waals surface area contributed by atoms with Crippen LogP contribution in [0.25, 0.3) is 0 Å². The van der Waals surface area contributed by atoms with E-state index in [-0.39, 0.29) is 5.91 Å². The molecule has 1 aromatic carbocycles. The van der Waals surface area contributed by atoms with Gasteiger partial charge in [0.15, 0.2) is 0 Å². The molecule has 0 bridgehead atoms. The second-order valence-corrected chi connectivity index (χ2v) is 5.63. The summed E-state index contributed by atoms with van der Waals surface area (Å²) in [6.45, 7) is 5.63. The van der Waals surface area contributed by atoms with Gasteiger partial charge in [0, 0.05) is 43.5 Å². The van der Waals surface area contributed by atoms with E-state index in [1.807, 2.05) is 25.1 Å². The van der Waals surface area contributed by atoms with Crippen LogP contribution in [0, 0.1) is 6.92 Å². The van der Waals surface area contributed by atoms with Gasteiger partial charge in [0.25, 0.3) is 5.91 Å². The Hall–Kier alpha value is -1.59. The SMILES string of the molecule is Cc1c(N)cccc1C(=O)NCC1CN(C)CCN1C. The van der Waals surface area contributed by atoms with Crippen LogP contribution < -0.4 is 11.1 Å². The Morgan fingerprint density at radius 1 is 1.40 bits per heavy atom. The Bertz CT molecular complexity index is 489. The van der Waals surface area contributed by atoms with E-state index in [9.17, 15) is 4.79 Å². The highest BCUT2D eigenvalue weighted by Gasteiger charge is 2.22. The van der Waals surface area contributed by atoms with Gasteiger partial charge >= 0.3 is 0 Å². The van der Waals surface area contributed by atoms with Gasteiger partial charge in [-0.3, -0.25) is 9.69 Å². The van der Waals surface area contributed by atoms with Crippen LogP contribution in [0.4, 0.5) is 5.69 Å². The predicted octanol–water partition coefficient (Wildman–Crippen LogP) is 0.553. The lowest BCUT2D eigenvalue weighted by molar-refractivity contribution is 0.0880. The molecule has 1 saturated heterocycles. The minimum atomic E-state index is -0.0450. The summed E-state index contributed by atoms with van der Waals surface area (Å²) in [5, 5.41) is 3.02. The molecular weight excluding hydrogens is 252 g/mol. The summed E-state index contributed by atoms with van der Waals surface area (Å²) in [7, 11) is 4.22. The first kappa shape index (κ1) is 14.8. The van der Waals surface area contributed by atoms with Crippen molar-refractivity contribution < 1.29 is 4.79 Å². The predicted molar refractivity (Wildman–Crippen MR) is 81.8 cm³/mol. The van der Waals surface area contributed by atoms with Gasteiger partial charge in [-0.1, -0.05) is 6.07 Å². The Kier molecular flexibility index (Phi) is 4.62. The number of rotatable bonds is 3. The van der Waals surface area contributed by atoms with Gasteiger partial charge in [0.2, 0.25) is 0 Å². The second-order valence-electron chi connectivity index (χ2n) is 5.63. The van der Waals surface area contributed by atoms with Gasteiger partial charge < -0.3 is 16.0 Å². The quantitative estimate of drug-likeness (QED) is 0.792. The van der Waals surface area contributed by atoms with Crippen LogP contribution in [0.2, 0.25) is 0 Å². The average Bonchev–Trinajstić information content (AvgIpc) is 2.42. The molecule has 110 valence electrons. The zero-order chi connectivity index (χ0) is 14.7. The third kappa shape index (κ3) is 3.29. The number of nitrogens with zero attached hydrogens (tertiary/aromatic N) is 2. The van der Waals surface area contributed by atoms with E-state index < -0.39 is 0 Å². The summed E-state index contributed by atoms with van der Waals surface area (Å²) in [6.07, 6.45) is 0. The fourth-order valence-corrected chi connectivity index (χ4v) is 2.53. The molecule has 1 amide bonds. The van der Waals surface area contributed by atoms with Crippen LogP contribution in [-0.4, -0.2) is 62.0 Å². The number of hydrogen-bond acceptors (Lipinski definition) is 4. The molecule has 1 fully saturated rings. The molecule has 1 atom stereocenters. The normalized spacial score (nSPS) is 20.9. The molecule has 3 N–H and O–H groups in total. The Balaban J connectivity index is 1.96. The molecule has 5 nitrogen and oxygen atoms in total. The number of hydrogen-bond donors (Lipinski definition) is 2. The van der Waals surface area contributed by atoms with Gasteiger partial charge in [-0.2, -0.15) is 0 Å². The van der Waals surface area contributed by atoms with Crippen LogP contribution in [0.1, 0.15) is 15.9 Å². The van der Waals surface area contributed by atoms with Gasteiger partial charge in [-0.05, 0) is 38.7 Å². The number of likely N-dealkylation sites (N-methyl/N-ethyl adjacent to an activating group) is 2. The Labute approximate surface area is 120 Å². The topological polar surface area (TPSA) is 61.6 Å². The molecule has 1 aromatic rings. The van der Waals surface area contributed by atoms with Crippen molar-refractivity contribution in [2.75, 3.05) is 46.0 Å². The largest absolute Gasteiger partial charge is 0.398 e. The number of nitrogens with one attached hydrogen (secondary N) is 1. The molecule has 1 aliphatic heterocycles. The molecule has 1 aliphatic rings. The maximum Gasteiger partial charge on any atom is 0.251 e. The summed E-state index contributed by atoms with van der Waals surface area (Å²) in [5.41, 5.74) is 8.01. The summed E-state index contributed by atoms with van der Waals surface area (Å²) < 4.78 is 0. The number of anilines is 1. The minimum absolute atomic E-state index is 0.0450. The highest BCUT2D eigenvalue weighted by molar-refractivity contribution is 5.96. The summed E-state index contributed by atoms with van der Waals surface area (Å²) in [5.74, 6) is -0.0450. The van der Waals surface area contributed by atoms with Crippen molar-refractivity contribution in [3.63, 3.8) is 0 Å². The van der Waals surface area contributed by atoms with E-state index >= 15 is 0 Å². The van der Waals surface area contributed by atoms with Crippen LogP contribution in [-0.2, 0) is 0 Å². The van der Waals surface area contributed by atoms with Crippen molar-refractivity contribution in [2.45, 2.75) is 13.0 Å². The highest BCUT2D eigenvalue weighted by atomic mass is 16.1. The zero-order valence-electron chi connectivity index (χ0n) is 12.5. The number of piperazine rings is 1. The average molecular weight is 276 g/mol. The number of nitrogens with two attached hydrogens (primary N) is 1. The molecular formula is C15H24N4O. The molecule has 1 heterocycles. The summed E-state index contributed by atoms with van der Waals surface area (Å²) >= 11 is 0. The van der Waals surface area contributed by atoms with E-state index in [1.54, 1.807) is 0 Å². The molecule has 1 unspecified atom stereocenters. The van der Waals surface area contributed by atoms with Gasteiger partial charge in [-0.15, -0.1) is 0 Å². The van der Waals surface area contributed by atoms with Crippen molar-refractivity contribution in [3.05, 3.63) is 29.3 Å². The van der Waals surface area contributed by atoms with E-state index in [4.69, 9.17) is 5.73 Å². The van der Waals surface area contributed by atoms with E-state index in [0.29, 0.717) is 23.8 Å². The summed E-state index contributed by atoms with van der Waals surface area (Å²) in [4.78, 5) is 16.8. The van der Waals surface area contributed by atoms with Crippen LogP contribution in [0.15, 0.2) is 18.2 Å². The van der Waals surface area contributed by atoms with E-state index in [1.165, 1.54) is 0 Å². The van der Waals surface area contributed by atoms with Crippen molar-refractivity contribution in [3.8, 4) is 0 Å². The van der Waals surface area contributed by atoms with Gasteiger partial charge in [0.1, 0.15) is 0 Å². The first-order chi connectivity index (χ1) is 9.49. The first-order valence-corrected chi connectivity index (χ1v) is 7.01. The maximum atomic E-state index is 12.2. The fourth-order valence-electron chi connectivity index (χ4n) is 2.53. The maximum absolute atomic E-state index is 12.2. The minimum Gasteiger partial charge on any atom is -0.398 e. The number of carbonyl (C=O) groups is 1. The molecule has 0 aromatic heterocycles. The first-order valence-electron chi connectivity index (χ1n) is 7.01. The number of amides is 1.